The normalized spacial score (nSPS) is 17.4. The number of rotatable bonds is 7. The monoisotopic (exact) mass is 389 g/mol. The summed E-state index contributed by atoms with van der Waals surface area (Å²) < 4.78 is 25.2. The van der Waals surface area contributed by atoms with Crippen LogP contribution >= 0.6 is 11.8 Å². The first kappa shape index (κ1) is 19.0. The number of benzene rings is 2. The number of sulfone groups is 1. The molecule has 4 nitrogen and oxygen atoms in total. The van der Waals surface area contributed by atoms with E-state index in [0.29, 0.717) is 23.6 Å². The molecule has 1 saturated heterocycles. The van der Waals surface area contributed by atoms with Gasteiger partial charge in [0.1, 0.15) is 0 Å². The first-order chi connectivity index (χ1) is 12.6. The van der Waals surface area contributed by atoms with E-state index in [0.717, 1.165) is 17.7 Å². The molecule has 1 unspecified atom stereocenters. The van der Waals surface area contributed by atoms with E-state index in [9.17, 15) is 13.2 Å². The van der Waals surface area contributed by atoms with E-state index in [1.165, 1.54) is 0 Å². The van der Waals surface area contributed by atoms with Crippen molar-refractivity contribution in [2.75, 3.05) is 18.1 Å². The van der Waals surface area contributed by atoms with E-state index in [1.54, 1.807) is 47.0 Å². The lowest BCUT2D eigenvalue weighted by Gasteiger charge is -2.24. The summed E-state index contributed by atoms with van der Waals surface area (Å²) in [6.07, 6.45) is 2.05. The van der Waals surface area contributed by atoms with Crippen LogP contribution in [0, 0.1) is 0 Å². The molecular weight excluding hydrogens is 366 g/mol. The second-order valence-corrected chi connectivity index (χ2v) is 9.59. The zero-order valence-corrected chi connectivity index (χ0v) is 16.2. The predicted octanol–water partition coefficient (Wildman–Crippen LogP) is 3.63. The molecule has 0 N–H and O–H groups in total. The summed E-state index contributed by atoms with van der Waals surface area (Å²) >= 11 is 1.65. The predicted molar refractivity (Wildman–Crippen MR) is 105 cm³/mol. The van der Waals surface area contributed by atoms with Gasteiger partial charge in [0.2, 0.25) is 5.91 Å². The molecule has 1 aliphatic rings. The molecule has 0 aliphatic carbocycles. The van der Waals surface area contributed by atoms with Crippen LogP contribution in [0.4, 0.5) is 0 Å². The molecule has 6 heteroatoms. The molecule has 138 valence electrons. The zero-order valence-electron chi connectivity index (χ0n) is 14.6. The number of carbonyl (C=O) groups excluding carboxylic acids is 1. The molecule has 2 aromatic carbocycles. The molecule has 2 aromatic rings. The Morgan fingerprint density at radius 2 is 1.69 bits per heavy atom. The van der Waals surface area contributed by atoms with Crippen molar-refractivity contribution in [3.63, 3.8) is 0 Å². The standard InChI is InChI=1S/C20H23NO3S2/c22-20(13-15-25-18-9-3-1-4-10-18)21-14-7-8-17(21)16-26(23,24)19-11-5-2-6-12-19/h1-6,9-12,17H,7-8,13-16H2. The molecule has 0 saturated carbocycles. The lowest BCUT2D eigenvalue weighted by molar-refractivity contribution is -0.131. The summed E-state index contributed by atoms with van der Waals surface area (Å²) in [4.78, 5) is 15.8. The van der Waals surface area contributed by atoms with Crippen molar-refractivity contribution in [3.8, 4) is 0 Å². The number of nitrogens with zero attached hydrogens (tertiary/aromatic N) is 1. The summed E-state index contributed by atoms with van der Waals surface area (Å²) in [5.74, 6) is 0.769. The average molecular weight is 390 g/mol. The van der Waals surface area contributed by atoms with Gasteiger partial charge in [-0.05, 0) is 37.1 Å². The Kier molecular flexibility index (Phi) is 6.38. The molecule has 1 heterocycles. The summed E-state index contributed by atoms with van der Waals surface area (Å²) in [7, 11) is -3.37. The molecule has 0 aromatic heterocycles. The van der Waals surface area contributed by atoms with E-state index < -0.39 is 9.84 Å². The molecule has 0 radical (unpaired) electrons. The lowest BCUT2D eigenvalue weighted by atomic mass is 10.2. The Balaban J connectivity index is 1.56. The molecule has 1 fully saturated rings. The largest absolute Gasteiger partial charge is 0.339 e. The van der Waals surface area contributed by atoms with Crippen molar-refractivity contribution in [2.24, 2.45) is 0 Å². The van der Waals surface area contributed by atoms with Crippen LogP contribution in [0.1, 0.15) is 19.3 Å². The quantitative estimate of drug-likeness (QED) is 0.679. The summed E-state index contributed by atoms with van der Waals surface area (Å²) in [6, 6.07) is 18.3. The van der Waals surface area contributed by atoms with E-state index in [-0.39, 0.29) is 17.7 Å². The second-order valence-electron chi connectivity index (χ2n) is 6.39. The maximum atomic E-state index is 12.6. The first-order valence-corrected chi connectivity index (χ1v) is 11.5. The molecule has 0 bridgehead atoms. The van der Waals surface area contributed by atoms with Crippen molar-refractivity contribution >= 4 is 27.5 Å². The fourth-order valence-electron chi connectivity index (χ4n) is 3.23. The van der Waals surface area contributed by atoms with E-state index in [2.05, 4.69) is 0 Å². The summed E-state index contributed by atoms with van der Waals surface area (Å²) in [5, 5.41) is 0. The summed E-state index contributed by atoms with van der Waals surface area (Å²) in [6.45, 7) is 0.657. The van der Waals surface area contributed by atoms with Crippen LogP contribution in [-0.4, -0.2) is 43.3 Å². The smallest absolute Gasteiger partial charge is 0.223 e. The molecular formula is C20H23NO3S2. The Morgan fingerprint density at radius 1 is 1.04 bits per heavy atom. The van der Waals surface area contributed by atoms with Crippen molar-refractivity contribution in [1.29, 1.82) is 0 Å². The first-order valence-electron chi connectivity index (χ1n) is 8.81. The minimum absolute atomic E-state index is 0.00851. The SMILES string of the molecule is O=C(CCSc1ccccc1)N1CCCC1CS(=O)(=O)c1ccccc1. The maximum absolute atomic E-state index is 12.6. The summed E-state index contributed by atoms with van der Waals surface area (Å²) in [5.41, 5.74) is 0. The highest BCUT2D eigenvalue weighted by Gasteiger charge is 2.32. The third-order valence-electron chi connectivity index (χ3n) is 4.54. The lowest BCUT2D eigenvalue weighted by Crippen LogP contribution is -2.39. The fourth-order valence-corrected chi connectivity index (χ4v) is 5.71. The average Bonchev–Trinajstić information content (AvgIpc) is 3.11. The van der Waals surface area contributed by atoms with E-state index in [4.69, 9.17) is 0 Å². The van der Waals surface area contributed by atoms with Crippen LogP contribution in [0.2, 0.25) is 0 Å². The minimum atomic E-state index is -3.37. The second kappa shape index (κ2) is 8.73. The molecule has 1 atom stereocenters. The van der Waals surface area contributed by atoms with Crippen LogP contribution in [0.15, 0.2) is 70.5 Å². The van der Waals surface area contributed by atoms with Crippen LogP contribution < -0.4 is 0 Å². The van der Waals surface area contributed by atoms with Crippen LogP contribution in [0.5, 0.6) is 0 Å². The number of carbonyl (C=O) groups is 1. The molecule has 26 heavy (non-hydrogen) atoms. The van der Waals surface area contributed by atoms with Crippen molar-refractivity contribution in [1.82, 2.24) is 4.90 Å². The molecule has 0 spiro atoms. The number of hydrogen-bond acceptors (Lipinski definition) is 4. The highest BCUT2D eigenvalue weighted by Crippen LogP contribution is 2.24. The van der Waals surface area contributed by atoms with Crippen molar-refractivity contribution in [3.05, 3.63) is 60.7 Å². The Morgan fingerprint density at radius 3 is 2.38 bits per heavy atom. The van der Waals surface area contributed by atoms with Gasteiger partial charge in [-0.15, -0.1) is 11.8 Å². The minimum Gasteiger partial charge on any atom is -0.339 e. The maximum Gasteiger partial charge on any atom is 0.223 e. The molecule has 1 aliphatic heterocycles. The third kappa shape index (κ3) is 4.89. The van der Waals surface area contributed by atoms with Crippen LogP contribution in [-0.2, 0) is 14.6 Å². The Bertz CT molecular complexity index is 823. The van der Waals surface area contributed by atoms with Crippen molar-refractivity contribution < 1.29 is 13.2 Å². The van der Waals surface area contributed by atoms with Crippen molar-refractivity contribution in [2.45, 2.75) is 35.1 Å². The third-order valence-corrected chi connectivity index (χ3v) is 7.37. The van der Waals surface area contributed by atoms with Gasteiger partial charge in [0, 0.05) is 29.7 Å². The van der Waals surface area contributed by atoms with Gasteiger partial charge in [-0.1, -0.05) is 36.4 Å². The highest BCUT2D eigenvalue weighted by molar-refractivity contribution is 7.99. The van der Waals surface area contributed by atoms with Crippen LogP contribution in [0.25, 0.3) is 0 Å². The zero-order chi connectivity index (χ0) is 18.4. The van der Waals surface area contributed by atoms with Gasteiger partial charge in [-0.25, -0.2) is 8.42 Å². The topological polar surface area (TPSA) is 54.5 Å². The van der Waals surface area contributed by atoms with Gasteiger partial charge < -0.3 is 4.90 Å². The number of thioether (sulfide) groups is 1. The number of amides is 1. The van der Waals surface area contributed by atoms with Gasteiger partial charge in [0.15, 0.2) is 9.84 Å². The Hall–Kier alpha value is -1.79. The van der Waals surface area contributed by atoms with E-state index in [1.807, 2.05) is 30.3 Å². The fraction of sp³-hybridized carbons (Fsp3) is 0.350. The van der Waals surface area contributed by atoms with E-state index >= 15 is 0 Å². The number of hydrogen-bond donors (Lipinski definition) is 0. The van der Waals surface area contributed by atoms with Gasteiger partial charge >= 0.3 is 0 Å². The highest BCUT2D eigenvalue weighted by atomic mass is 32.2. The van der Waals surface area contributed by atoms with Gasteiger partial charge in [-0.3, -0.25) is 4.79 Å². The van der Waals surface area contributed by atoms with Gasteiger partial charge in [0.25, 0.3) is 0 Å². The van der Waals surface area contributed by atoms with Gasteiger partial charge in [-0.2, -0.15) is 0 Å². The van der Waals surface area contributed by atoms with Gasteiger partial charge in [0.05, 0.1) is 10.6 Å². The number of likely N-dealkylation sites (tertiary alicyclic amines) is 1. The Labute approximate surface area is 159 Å². The van der Waals surface area contributed by atoms with Crippen LogP contribution in [0.3, 0.4) is 0 Å². The molecule has 3 rings (SSSR count). The molecule has 1 amide bonds.